The predicted octanol–water partition coefficient (Wildman–Crippen LogP) is 4.22. The third-order valence-electron chi connectivity index (χ3n) is 2.93. The summed E-state index contributed by atoms with van der Waals surface area (Å²) in [5, 5.41) is 1.73. The maximum absolute atomic E-state index is 13.2. The van der Waals surface area contributed by atoms with Crippen molar-refractivity contribution in [1.29, 1.82) is 0 Å². The van der Waals surface area contributed by atoms with Gasteiger partial charge in [-0.05, 0) is 29.7 Å². The van der Waals surface area contributed by atoms with Crippen molar-refractivity contribution in [3.63, 3.8) is 0 Å². The summed E-state index contributed by atoms with van der Waals surface area (Å²) >= 11 is 6.10. The average Bonchev–Trinajstić information content (AvgIpc) is 2.49. The molecule has 0 aliphatic heterocycles. The first-order valence-electron chi connectivity index (χ1n) is 6.09. The van der Waals surface area contributed by atoms with Crippen LogP contribution in [0.25, 0.3) is 10.8 Å². The molecule has 0 radical (unpaired) electrons. The van der Waals surface area contributed by atoms with Gasteiger partial charge in [-0.2, -0.15) is 0 Å². The van der Waals surface area contributed by atoms with Gasteiger partial charge in [-0.3, -0.25) is 0 Å². The molecule has 21 heavy (non-hydrogen) atoms. The van der Waals surface area contributed by atoms with Gasteiger partial charge in [-0.25, -0.2) is 14.4 Å². The van der Waals surface area contributed by atoms with Gasteiger partial charge in [0.2, 0.25) is 5.88 Å². The van der Waals surface area contributed by atoms with Crippen molar-refractivity contribution in [1.82, 2.24) is 9.97 Å². The molecule has 6 heteroatoms. The average molecular weight is 305 g/mol. The molecule has 0 aliphatic rings. The van der Waals surface area contributed by atoms with E-state index in [4.69, 9.17) is 21.1 Å². The molecule has 2 heterocycles. The molecule has 3 aromatic rings. The Bertz CT molecular complexity index is 806. The van der Waals surface area contributed by atoms with Crippen LogP contribution in [0.3, 0.4) is 0 Å². The number of halogens is 2. The van der Waals surface area contributed by atoms with Gasteiger partial charge in [-0.15, -0.1) is 0 Å². The Labute approximate surface area is 125 Å². The number of aromatic nitrogens is 2. The molecule has 0 fully saturated rings. The Morgan fingerprint density at radius 3 is 2.57 bits per heavy atom. The van der Waals surface area contributed by atoms with E-state index in [9.17, 15) is 4.39 Å². The molecule has 2 aromatic heterocycles. The van der Waals surface area contributed by atoms with Crippen LogP contribution in [0.2, 0.25) is 5.15 Å². The van der Waals surface area contributed by atoms with Crippen molar-refractivity contribution in [2.24, 2.45) is 0 Å². The number of pyridine rings is 2. The van der Waals surface area contributed by atoms with Gasteiger partial charge >= 0.3 is 0 Å². The highest BCUT2D eigenvalue weighted by Gasteiger charge is 2.13. The number of rotatable bonds is 3. The second kappa shape index (κ2) is 5.54. The number of methoxy groups -OCH3 is 1. The summed E-state index contributed by atoms with van der Waals surface area (Å²) in [7, 11) is 1.44. The Morgan fingerprint density at radius 1 is 1.05 bits per heavy atom. The molecule has 0 spiro atoms. The highest BCUT2D eigenvalue weighted by Crippen LogP contribution is 2.36. The predicted molar refractivity (Wildman–Crippen MR) is 77.6 cm³/mol. The summed E-state index contributed by atoms with van der Waals surface area (Å²) in [6, 6.07) is 7.59. The number of fused-ring (bicyclic) bond motifs is 1. The van der Waals surface area contributed by atoms with E-state index in [1.807, 2.05) is 0 Å². The number of ether oxygens (including phenoxy) is 2. The number of hydrogen-bond donors (Lipinski definition) is 0. The second-order valence-electron chi connectivity index (χ2n) is 4.21. The first-order valence-corrected chi connectivity index (χ1v) is 6.47. The van der Waals surface area contributed by atoms with E-state index in [1.54, 1.807) is 24.5 Å². The minimum Gasteiger partial charge on any atom is -0.493 e. The maximum atomic E-state index is 13.2. The lowest BCUT2D eigenvalue weighted by Gasteiger charge is -2.11. The maximum Gasteiger partial charge on any atom is 0.230 e. The molecular weight excluding hydrogens is 295 g/mol. The van der Waals surface area contributed by atoms with Crippen LogP contribution < -0.4 is 9.47 Å². The summed E-state index contributed by atoms with van der Waals surface area (Å²) in [4.78, 5) is 8.19. The van der Waals surface area contributed by atoms with Crippen molar-refractivity contribution in [3.8, 4) is 17.4 Å². The van der Waals surface area contributed by atoms with Crippen molar-refractivity contribution in [2.45, 2.75) is 0 Å². The van der Waals surface area contributed by atoms with Crippen LogP contribution in [-0.4, -0.2) is 17.1 Å². The van der Waals surface area contributed by atoms with Gasteiger partial charge in [0.1, 0.15) is 11.0 Å². The minimum atomic E-state index is -0.412. The van der Waals surface area contributed by atoms with E-state index in [0.29, 0.717) is 11.1 Å². The number of nitrogens with zero attached hydrogens (tertiary/aromatic N) is 2. The van der Waals surface area contributed by atoms with Crippen LogP contribution >= 0.6 is 11.6 Å². The topological polar surface area (TPSA) is 44.2 Å². The molecule has 0 unspecified atom stereocenters. The first-order chi connectivity index (χ1) is 10.2. The SMILES string of the molecule is COc1cc(F)ccc1Oc1nccc2ccnc(Cl)c12. The number of benzene rings is 1. The van der Waals surface area contributed by atoms with Gasteiger partial charge in [-0.1, -0.05) is 11.6 Å². The fourth-order valence-corrected chi connectivity index (χ4v) is 2.20. The van der Waals surface area contributed by atoms with Gasteiger partial charge in [0.25, 0.3) is 0 Å². The molecule has 0 bridgehead atoms. The second-order valence-corrected chi connectivity index (χ2v) is 4.57. The molecular formula is C15H10ClFN2O2. The van der Waals surface area contributed by atoms with Gasteiger partial charge in [0, 0.05) is 18.5 Å². The van der Waals surface area contributed by atoms with Crippen LogP contribution in [0.1, 0.15) is 0 Å². The Kier molecular flexibility index (Phi) is 3.58. The summed E-state index contributed by atoms with van der Waals surface area (Å²) in [6.07, 6.45) is 3.21. The van der Waals surface area contributed by atoms with Gasteiger partial charge < -0.3 is 9.47 Å². The van der Waals surface area contributed by atoms with Crippen LogP contribution in [-0.2, 0) is 0 Å². The largest absolute Gasteiger partial charge is 0.493 e. The smallest absolute Gasteiger partial charge is 0.230 e. The summed E-state index contributed by atoms with van der Waals surface area (Å²) in [6.45, 7) is 0. The van der Waals surface area contributed by atoms with Gasteiger partial charge in [0.15, 0.2) is 11.5 Å². The zero-order valence-electron chi connectivity index (χ0n) is 11.0. The highest BCUT2D eigenvalue weighted by molar-refractivity contribution is 6.34. The molecule has 0 aliphatic carbocycles. The van der Waals surface area contributed by atoms with E-state index < -0.39 is 5.82 Å². The fraction of sp³-hybridized carbons (Fsp3) is 0.0667. The van der Waals surface area contributed by atoms with E-state index >= 15 is 0 Å². The van der Waals surface area contributed by atoms with Gasteiger partial charge in [0.05, 0.1) is 12.5 Å². The third-order valence-corrected chi connectivity index (χ3v) is 3.22. The van der Waals surface area contributed by atoms with E-state index in [-0.39, 0.29) is 16.8 Å². The summed E-state index contributed by atoms with van der Waals surface area (Å²) in [5.41, 5.74) is 0. The van der Waals surface area contributed by atoms with Crippen molar-refractivity contribution in [3.05, 3.63) is 53.7 Å². The summed E-state index contributed by atoms with van der Waals surface area (Å²) < 4.78 is 24.0. The van der Waals surface area contributed by atoms with E-state index in [2.05, 4.69) is 9.97 Å². The standard InChI is InChI=1S/C15H10ClFN2O2/c1-20-12-8-10(17)2-3-11(12)21-15-13-9(5-7-19-15)4-6-18-14(13)16/h2-8H,1H3. The molecule has 0 N–H and O–H groups in total. The normalized spacial score (nSPS) is 10.6. The molecule has 0 saturated heterocycles. The minimum absolute atomic E-state index is 0.272. The first kappa shape index (κ1) is 13.6. The lowest BCUT2D eigenvalue weighted by Crippen LogP contribution is -1.94. The Balaban J connectivity index is 2.11. The zero-order chi connectivity index (χ0) is 14.8. The van der Waals surface area contributed by atoms with E-state index in [0.717, 1.165) is 5.39 Å². The lowest BCUT2D eigenvalue weighted by molar-refractivity contribution is 0.372. The fourth-order valence-electron chi connectivity index (χ4n) is 1.96. The summed E-state index contributed by atoms with van der Waals surface area (Å²) in [5.74, 6) is 0.493. The van der Waals surface area contributed by atoms with Crippen LogP contribution in [0, 0.1) is 5.82 Å². The highest BCUT2D eigenvalue weighted by atomic mass is 35.5. The Morgan fingerprint density at radius 2 is 1.81 bits per heavy atom. The zero-order valence-corrected chi connectivity index (χ0v) is 11.8. The molecule has 3 rings (SSSR count). The molecule has 4 nitrogen and oxygen atoms in total. The van der Waals surface area contributed by atoms with Crippen molar-refractivity contribution < 1.29 is 13.9 Å². The Hall–Kier alpha value is -2.40. The molecule has 1 aromatic carbocycles. The van der Waals surface area contributed by atoms with Crippen LogP contribution in [0.5, 0.6) is 17.4 Å². The van der Waals surface area contributed by atoms with Crippen LogP contribution in [0.4, 0.5) is 4.39 Å². The lowest BCUT2D eigenvalue weighted by atomic mass is 10.2. The molecule has 0 saturated carbocycles. The van der Waals surface area contributed by atoms with E-state index in [1.165, 1.54) is 25.3 Å². The van der Waals surface area contributed by atoms with Crippen molar-refractivity contribution >= 4 is 22.4 Å². The quantitative estimate of drug-likeness (QED) is 0.679. The van der Waals surface area contributed by atoms with Crippen molar-refractivity contribution in [2.75, 3.05) is 7.11 Å². The molecule has 106 valence electrons. The molecule has 0 atom stereocenters. The monoisotopic (exact) mass is 304 g/mol. The molecule has 0 amide bonds. The third kappa shape index (κ3) is 2.60. The van der Waals surface area contributed by atoms with Crippen LogP contribution in [0.15, 0.2) is 42.7 Å². The number of hydrogen-bond acceptors (Lipinski definition) is 4.